The van der Waals surface area contributed by atoms with Crippen molar-refractivity contribution in [1.29, 1.82) is 0 Å². The maximum absolute atomic E-state index is 14.3. The van der Waals surface area contributed by atoms with Crippen LogP contribution >= 0.6 is 0 Å². The van der Waals surface area contributed by atoms with Crippen molar-refractivity contribution < 1.29 is 30.7 Å². The van der Waals surface area contributed by atoms with Crippen molar-refractivity contribution in [3.8, 4) is 0 Å². The molecule has 1 heterocycles. The van der Waals surface area contributed by atoms with Crippen LogP contribution < -0.4 is 4.72 Å². The van der Waals surface area contributed by atoms with Crippen molar-refractivity contribution in [1.82, 2.24) is 9.62 Å². The van der Waals surface area contributed by atoms with E-state index in [9.17, 15) is 26.0 Å². The molecule has 10 heteroatoms. The van der Waals surface area contributed by atoms with Gasteiger partial charge in [0.1, 0.15) is 5.82 Å². The van der Waals surface area contributed by atoms with Crippen molar-refractivity contribution >= 4 is 10.0 Å². The molecule has 5 nitrogen and oxygen atoms in total. The predicted molar refractivity (Wildman–Crippen MR) is 132 cm³/mol. The standard InChI is InChI=1S/C27H32F4N2O3S/c28-21-7-8-22-23(14-19-3-1-4-20(13-19)27(29,30)31)25(16-33-10-2-11-33)26(24(22)15-21)36-12-9-32-37(34,35)17-18-5-6-18/h1,3-4,7-8,13,15,18,23,25-26,32H,2,5-6,9-12,14,16-17H2. The Hall–Kier alpha value is -2.01. The first-order valence-corrected chi connectivity index (χ1v) is 14.5. The summed E-state index contributed by atoms with van der Waals surface area (Å²) in [6, 6.07) is 9.92. The number of nitrogens with one attached hydrogen (secondary N) is 1. The number of halogens is 4. The predicted octanol–water partition coefficient (Wildman–Crippen LogP) is 4.89. The van der Waals surface area contributed by atoms with E-state index in [-0.39, 0.29) is 36.7 Å². The fourth-order valence-corrected chi connectivity index (χ4v) is 6.99. The third-order valence-electron chi connectivity index (χ3n) is 7.66. The topological polar surface area (TPSA) is 58.6 Å². The number of fused-ring (bicyclic) bond motifs is 1. The summed E-state index contributed by atoms with van der Waals surface area (Å²) >= 11 is 0. The molecule has 1 saturated carbocycles. The molecular formula is C27H32F4N2O3S. The molecule has 3 unspecified atom stereocenters. The first kappa shape index (κ1) is 26.6. The number of alkyl halides is 3. The van der Waals surface area contributed by atoms with Gasteiger partial charge in [0.05, 0.1) is 24.0 Å². The zero-order valence-corrected chi connectivity index (χ0v) is 21.3. The Balaban J connectivity index is 1.36. The van der Waals surface area contributed by atoms with Gasteiger partial charge in [0.15, 0.2) is 0 Å². The Morgan fingerprint density at radius 2 is 1.84 bits per heavy atom. The molecule has 37 heavy (non-hydrogen) atoms. The molecule has 0 amide bonds. The van der Waals surface area contributed by atoms with Crippen molar-refractivity contribution in [2.45, 2.75) is 43.9 Å². The summed E-state index contributed by atoms with van der Waals surface area (Å²) in [6.45, 7) is 2.79. The highest BCUT2D eigenvalue weighted by molar-refractivity contribution is 7.89. The number of hydrogen-bond donors (Lipinski definition) is 1. The van der Waals surface area contributed by atoms with E-state index in [4.69, 9.17) is 4.74 Å². The summed E-state index contributed by atoms with van der Waals surface area (Å²) in [6.07, 6.45) is -1.58. The van der Waals surface area contributed by atoms with Gasteiger partial charge in [-0.25, -0.2) is 17.5 Å². The molecule has 2 aromatic rings. The van der Waals surface area contributed by atoms with E-state index in [2.05, 4.69) is 9.62 Å². The molecular weight excluding hydrogens is 508 g/mol. The fraction of sp³-hybridized carbons (Fsp3) is 0.556. The molecule has 1 saturated heterocycles. The smallest absolute Gasteiger partial charge is 0.372 e. The van der Waals surface area contributed by atoms with Crippen molar-refractivity contribution in [2.24, 2.45) is 11.8 Å². The lowest BCUT2D eigenvalue weighted by molar-refractivity contribution is -0.137. The third kappa shape index (κ3) is 6.53. The summed E-state index contributed by atoms with van der Waals surface area (Å²) in [5.41, 5.74) is 1.46. The minimum atomic E-state index is -4.43. The molecule has 1 aliphatic heterocycles. The number of hydrogen-bond acceptors (Lipinski definition) is 4. The van der Waals surface area contributed by atoms with Gasteiger partial charge in [-0.3, -0.25) is 0 Å². The van der Waals surface area contributed by atoms with Gasteiger partial charge in [-0.15, -0.1) is 0 Å². The van der Waals surface area contributed by atoms with E-state index in [0.29, 0.717) is 24.1 Å². The third-order valence-corrected chi connectivity index (χ3v) is 9.22. The molecule has 202 valence electrons. The average molecular weight is 541 g/mol. The van der Waals surface area contributed by atoms with Crippen LogP contribution in [0, 0.1) is 17.7 Å². The zero-order chi connectivity index (χ0) is 26.2. The number of rotatable bonds is 11. The second-order valence-electron chi connectivity index (χ2n) is 10.5. The molecule has 0 aromatic heterocycles. The van der Waals surface area contributed by atoms with Crippen LogP contribution in [-0.2, 0) is 27.4 Å². The number of likely N-dealkylation sites (tertiary alicyclic amines) is 1. The van der Waals surface area contributed by atoms with Crippen LogP contribution in [0.25, 0.3) is 0 Å². The van der Waals surface area contributed by atoms with Crippen LogP contribution in [0.3, 0.4) is 0 Å². The summed E-state index contributed by atoms with van der Waals surface area (Å²) in [4.78, 5) is 2.28. The van der Waals surface area contributed by atoms with Crippen molar-refractivity contribution in [3.63, 3.8) is 0 Å². The van der Waals surface area contributed by atoms with Crippen LogP contribution in [-0.4, -0.2) is 51.9 Å². The van der Waals surface area contributed by atoms with Gasteiger partial charge in [0.25, 0.3) is 0 Å². The van der Waals surface area contributed by atoms with Crippen LogP contribution in [0.4, 0.5) is 17.6 Å². The molecule has 0 bridgehead atoms. The molecule has 5 rings (SSSR count). The highest BCUT2D eigenvalue weighted by Crippen LogP contribution is 2.49. The van der Waals surface area contributed by atoms with E-state index in [1.165, 1.54) is 24.3 Å². The molecule has 0 spiro atoms. The first-order valence-electron chi connectivity index (χ1n) is 12.9. The Labute approximate surface area is 215 Å². The average Bonchev–Trinajstić information content (AvgIpc) is 3.56. The second-order valence-corrected chi connectivity index (χ2v) is 12.4. The van der Waals surface area contributed by atoms with E-state index < -0.39 is 33.7 Å². The van der Waals surface area contributed by atoms with Gasteiger partial charge in [0.2, 0.25) is 10.0 Å². The molecule has 2 aliphatic carbocycles. The summed E-state index contributed by atoms with van der Waals surface area (Å²) in [7, 11) is -3.37. The number of sulfonamides is 1. The van der Waals surface area contributed by atoms with Crippen molar-refractivity contribution in [3.05, 3.63) is 70.5 Å². The monoisotopic (exact) mass is 540 g/mol. The largest absolute Gasteiger partial charge is 0.416 e. The molecule has 3 atom stereocenters. The Kier molecular flexibility index (Phi) is 7.64. The molecule has 0 radical (unpaired) electrons. The first-order chi connectivity index (χ1) is 17.6. The minimum absolute atomic E-state index is 0.102. The lowest BCUT2D eigenvalue weighted by Gasteiger charge is -2.37. The van der Waals surface area contributed by atoms with E-state index >= 15 is 0 Å². The molecule has 3 aliphatic rings. The molecule has 2 aromatic carbocycles. The van der Waals surface area contributed by atoms with Crippen LogP contribution in [0.5, 0.6) is 0 Å². The Morgan fingerprint density at radius 3 is 2.51 bits per heavy atom. The van der Waals surface area contributed by atoms with Crippen LogP contribution in [0.15, 0.2) is 42.5 Å². The summed E-state index contributed by atoms with van der Waals surface area (Å²) in [5.74, 6) is -0.298. The summed E-state index contributed by atoms with van der Waals surface area (Å²) < 4.78 is 87.6. The quantitative estimate of drug-likeness (QED) is 0.326. The molecule has 2 fully saturated rings. The maximum atomic E-state index is 14.3. The van der Waals surface area contributed by atoms with Gasteiger partial charge in [-0.2, -0.15) is 13.2 Å². The Morgan fingerprint density at radius 1 is 1.05 bits per heavy atom. The van der Waals surface area contributed by atoms with Crippen molar-refractivity contribution in [2.75, 3.05) is 38.5 Å². The van der Waals surface area contributed by atoms with Crippen LogP contribution in [0.1, 0.15) is 53.5 Å². The zero-order valence-electron chi connectivity index (χ0n) is 20.5. The van der Waals surface area contributed by atoms with Gasteiger partial charge >= 0.3 is 6.18 Å². The minimum Gasteiger partial charge on any atom is -0.372 e. The normalized spacial score (nSPS) is 24.2. The molecule has 1 N–H and O–H groups in total. The fourth-order valence-electron chi connectivity index (χ4n) is 5.53. The van der Waals surface area contributed by atoms with E-state index in [1.54, 1.807) is 12.1 Å². The van der Waals surface area contributed by atoms with Crippen LogP contribution in [0.2, 0.25) is 0 Å². The second kappa shape index (κ2) is 10.6. The SMILES string of the molecule is O=S(=O)(CC1CC1)NCCOC1c2cc(F)ccc2C(Cc2cccc(C(F)(F)F)c2)C1CN1CCC1. The number of nitrogens with zero attached hydrogens (tertiary/aromatic N) is 1. The van der Waals surface area contributed by atoms with E-state index in [0.717, 1.165) is 44.0 Å². The Bertz CT molecular complexity index is 1210. The summed E-state index contributed by atoms with van der Waals surface area (Å²) in [5, 5.41) is 0. The highest BCUT2D eigenvalue weighted by atomic mass is 32.2. The van der Waals surface area contributed by atoms with E-state index in [1.807, 2.05) is 0 Å². The lowest BCUT2D eigenvalue weighted by atomic mass is 9.85. The lowest BCUT2D eigenvalue weighted by Crippen LogP contribution is -2.42. The number of benzene rings is 2. The van der Waals surface area contributed by atoms with Gasteiger partial charge < -0.3 is 9.64 Å². The van der Waals surface area contributed by atoms with Gasteiger partial charge in [-0.05, 0) is 85.5 Å². The highest BCUT2D eigenvalue weighted by Gasteiger charge is 2.43. The number of ether oxygens (including phenoxy) is 1. The van der Waals surface area contributed by atoms with Gasteiger partial charge in [-0.1, -0.05) is 24.3 Å². The van der Waals surface area contributed by atoms with Gasteiger partial charge in [0, 0.05) is 19.0 Å². The maximum Gasteiger partial charge on any atom is 0.416 e.